The summed E-state index contributed by atoms with van der Waals surface area (Å²) in [7, 11) is 6.12. The molecule has 0 fully saturated rings. The smallest absolute Gasteiger partial charge is 0.188 e. The molecule has 0 aromatic heterocycles. The molecule has 0 aliphatic rings. The van der Waals surface area contributed by atoms with Crippen LogP contribution < -0.4 is 4.90 Å². The number of ketones is 1. The molecule has 2 aromatic rings. The maximum absolute atomic E-state index is 13.9. The number of hydrogen-bond acceptors (Lipinski definition) is 3. The number of anilines is 1. The highest BCUT2D eigenvalue weighted by atomic mass is 79.9. The molecule has 0 aliphatic carbocycles. The van der Waals surface area contributed by atoms with Crippen molar-refractivity contribution in [2.45, 2.75) is 0 Å². The van der Waals surface area contributed by atoms with Crippen molar-refractivity contribution in [3.8, 4) is 0 Å². The van der Waals surface area contributed by atoms with E-state index in [9.17, 15) is 9.18 Å². The minimum atomic E-state index is -0.527. The number of likely N-dealkylation sites (N-methyl/N-ethyl adjacent to an activating group) is 2. The summed E-state index contributed by atoms with van der Waals surface area (Å²) in [6, 6.07) is 12.3. The minimum Gasteiger partial charge on any atom is -0.373 e. The van der Waals surface area contributed by atoms with Gasteiger partial charge in [0, 0.05) is 30.3 Å². The molecule has 0 atom stereocenters. The number of carbonyl (C=O) groups is 1. The summed E-state index contributed by atoms with van der Waals surface area (Å²) in [6.07, 6.45) is 3.12. The van der Waals surface area contributed by atoms with Gasteiger partial charge in [-0.2, -0.15) is 0 Å². The standard InChI is InChI=1S/C20H22BrFN2O/c1-23(2)11-12-24(3)17-6-4-5-15(13-17)7-10-20(25)18-9-8-16(21)14-19(18)22/h4-10,13-14H,11-12H2,1-3H3. The van der Waals surface area contributed by atoms with E-state index in [-0.39, 0.29) is 11.3 Å². The molecular formula is C20H22BrFN2O. The van der Waals surface area contributed by atoms with E-state index in [1.165, 1.54) is 18.2 Å². The second-order valence-corrected chi connectivity index (χ2v) is 7.06. The maximum Gasteiger partial charge on any atom is 0.188 e. The van der Waals surface area contributed by atoms with Gasteiger partial charge >= 0.3 is 0 Å². The van der Waals surface area contributed by atoms with Crippen LogP contribution in [0.2, 0.25) is 0 Å². The Morgan fingerprint density at radius 3 is 2.56 bits per heavy atom. The van der Waals surface area contributed by atoms with Gasteiger partial charge in [0.15, 0.2) is 5.78 Å². The monoisotopic (exact) mass is 404 g/mol. The Balaban J connectivity index is 2.10. The van der Waals surface area contributed by atoms with Crippen molar-refractivity contribution in [2.24, 2.45) is 0 Å². The van der Waals surface area contributed by atoms with E-state index in [0.717, 1.165) is 24.3 Å². The summed E-state index contributed by atoms with van der Waals surface area (Å²) < 4.78 is 14.5. The first-order chi connectivity index (χ1) is 11.9. The van der Waals surface area contributed by atoms with Crippen LogP contribution in [0, 0.1) is 5.82 Å². The van der Waals surface area contributed by atoms with E-state index in [0.29, 0.717) is 4.47 Å². The normalized spacial score (nSPS) is 11.3. The maximum atomic E-state index is 13.9. The first kappa shape index (κ1) is 19.3. The van der Waals surface area contributed by atoms with Crippen molar-refractivity contribution in [3.05, 3.63) is 70.0 Å². The van der Waals surface area contributed by atoms with Crippen LogP contribution in [0.25, 0.3) is 6.08 Å². The van der Waals surface area contributed by atoms with Crippen molar-refractivity contribution in [3.63, 3.8) is 0 Å². The Kier molecular flexibility index (Phi) is 6.91. The number of halogens is 2. The molecule has 5 heteroatoms. The predicted molar refractivity (Wildman–Crippen MR) is 106 cm³/mol. The van der Waals surface area contributed by atoms with Crippen LogP contribution >= 0.6 is 15.9 Å². The third-order valence-corrected chi connectivity index (χ3v) is 4.31. The quantitative estimate of drug-likeness (QED) is 0.501. The van der Waals surface area contributed by atoms with Gasteiger partial charge in [-0.25, -0.2) is 4.39 Å². The lowest BCUT2D eigenvalue weighted by molar-refractivity contribution is 0.104. The third-order valence-electron chi connectivity index (χ3n) is 3.82. The molecule has 0 spiro atoms. The van der Waals surface area contributed by atoms with E-state index in [1.54, 1.807) is 12.1 Å². The Morgan fingerprint density at radius 2 is 1.88 bits per heavy atom. The van der Waals surface area contributed by atoms with E-state index < -0.39 is 5.82 Å². The average Bonchev–Trinajstić information content (AvgIpc) is 2.57. The zero-order valence-electron chi connectivity index (χ0n) is 14.7. The number of benzene rings is 2. The van der Waals surface area contributed by atoms with E-state index in [2.05, 4.69) is 25.7 Å². The zero-order chi connectivity index (χ0) is 18.4. The molecule has 2 rings (SSSR count). The fraction of sp³-hybridized carbons (Fsp3) is 0.250. The van der Waals surface area contributed by atoms with Crippen molar-refractivity contribution in [1.29, 1.82) is 0 Å². The summed E-state index contributed by atoms with van der Waals surface area (Å²) >= 11 is 3.19. The van der Waals surface area contributed by atoms with E-state index >= 15 is 0 Å². The Hall–Kier alpha value is -1.98. The van der Waals surface area contributed by atoms with Crippen LogP contribution in [0.4, 0.5) is 10.1 Å². The molecule has 2 aromatic carbocycles. The first-order valence-electron chi connectivity index (χ1n) is 8.00. The topological polar surface area (TPSA) is 23.6 Å². The largest absolute Gasteiger partial charge is 0.373 e. The molecule has 0 bridgehead atoms. The first-order valence-corrected chi connectivity index (χ1v) is 8.79. The van der Waals surface area contributed by atoms with Gasteiger partial charge in [-0.15, -0.1) is 0 Å². The summed E-state index contributed by atoms with van der Waals surface area (Å²) in [5, 5.41) is 0. The molecule has 25 heavy (non-hydrogen) atoms. The molecule has 0 saturated heterocycles. The van der Waals surface area contributed by atoms with Crippen molar-refractivity contribution < 1.29 is 9.18 Å². The molecule has 0 saturated carbocycles. The Labute approximate surface area is 156 Å². The number of hydrogen-bond donors (Lipinski definition) is 0. The third kappa shape index (κ3) is 5.80. The van der Waals surface area contributed by atoms with E-state index in [1.807, 2.05) is 45.4 Å². The molecule has 0 amide bonds. The van der Waals surface area contributed by atoms with Gasteiger partial charge in [0.05, 0.1) is 5.56 Å². The van der Waals surface area contributed by atoms with Gasteiger partial charge in [0.25, 0.3) is 0 Å². The number of allylic oxidation sites excluding steroid dienone is 1. The van der Waals surface area contributed by atoms with Gasteiger partial charge in [0.1, 0.15) is 5.82 Å². The SMILES string of the molecule is CN(C)CCN(C)c1cccc(C=CC(=O)c2ccc(Br)cc2F)c1. The fourth-order valence-corrected chi connectivity index (χ4v) is 2.63. The highest BCUT2D eigenvalue weighted by Crippen LogP contribution is 2.18. The van der Waals surface area contributed by atoms with Crippen LogP contribution in [-0.4, -0.2) is 44.9 Å². The van der Waals surface area contributed by atoms with E-state index in [4.69, 9.17) is 0 Å². The van der Waals surface area contributed by atoms with Crippen molar-refractivity contribution in [2.75, 3.05) is 39.1 Å². The fourth-order valence-electron chi connectivity index (χ4n) is 2.30. The van der Waals surface area contributed by atoms with Crippen LogP contribution in [-0.2, 0) is 0 Å². The lowest BCUT2D eigenvalue weighted by Gasteiger charge is -2.21. The second-order valence-electron chi connectivity index (χ2n) is 6.14. The lowest BCUT2D eigenvalue weighted by atomic mass is 10.1. The van der Waals surface area contributed by atoms with Crippen molar-refractivity contribution in [1.82, 2.24) is 4.90 Å². The highest BCUT2D eigenvalue weighted by molar-refractivity contribution is 9.10. The van der Waals surface area contributed by atoms with Gasteiger partial charge in [0.2, 0.25) is 0 Å². The number of nitrogens with zero attached hydrogens (tertiary/aromatic N) is 2. The Bertz CT molecular complexity index is 774. The zero-order valence-corrected chi connectivity index (χ0v) is 16.3. The summed E-state index contributed by atoms with van der Waals surface area (Å²) in [6.45, 7) is 1.86. The summed E-state index contributed by atoms with van der Waals surface area (Å²) in [5.41, 5.74) is 2.05. The molecule has 0 radical (unpaired) electrons. The molecule has 0 heterocycles. The van der Waals surface area contributed by atoms with Crippen molar-refractivity contribution >= 4 is 33.5 Å². The van der Waals surface area contributed by atoms with Crippen LogP contribution in [0.5, 0.6) is 0 Å². The molecule has 0 N–H and O–H groups in total. The minimum absolute atomic E-state index is 0.0682. The van der Waals surface area contributed by atoms with Crippen LogP contribution in [0.15, 0.2) is 53.0 Å². The van der Waals surface area contributed by atoms with Gasteiger partial charge < -0.3 is 9.80 Å². The van der Waals surface area contributed by atoms with Crippen LogP contribution in [0.1, 0.15) is 15.9 Å². The number of rotatable bonds is 7. The average molecular weight is 405 g/mol. The molecular weight excluding hydrogens is 383 g/mol. The van der Waals surface area contributed by atoms with Gasteiger partial charge in [-0.1, -0.05) is 34.1 Å². The molecule has 0 unspecified atom stereocenters. The number of carbonyl (C=O) groups excluding carboxylic acids is 1. The molecule has 3 nitrogen and oxygen atoms in total. The second kappa shape index (κ2) is 8.92. The molecule has 132 valence electrons. The van der Waals surface area contributed by atoms with Gasteiger partial charge in [-0.05, 0) is 56.1 Å². The predicted octanol–water partition coefficient (Wildman–Crippen LogP) is 4.48. The Morgan fingerprint density at radius 1 is 1.12 bits per heavy atom. The summed E-state index contributed by atoms with van der Waals surface area (Å²) in [4.78, 5) is 16.5. The highest BCUT2D eigenvalue weighted by Gasteiger charge is 2.09. The molecule has 0 aliphatic heterocycles. The van der Waals surface area contributed by atoms with Gasteiger partial charge in [-0.3, -0.25) is 4.79 Å². The van der Waals surface area contributed by atoms with Crippen LogP contribution in [0.3, 0.4) is 0 Å². The summed E-state index contributed by atoms with van der Waals surface area (Å²) in [5.74, 6) is -0.877. The lowest BCUT2D eigenvalue weighted by Crippen LogP contribution is -2.28.